The molecule has 2 rings (SSSR count). The van der Waals surface area contributed by atoms with Gasteiger partial charge in [-0.05, 0) is 43.7 Å². The van der Waals surface area contributed by atoms with E-state index in [1.54, 1.807) is 0 Å². The molecule has 2 N–H and O–H groups in total. The number of nitrogens with one attached hydrogen (secondary N) is 2. The summed E-state index contributed by atoms with van der Waals surface area (Å²) in [7, 11) is 0. The highest BCUT2D eigenvalue weighted by Crippen LogP contribution is 2.16. The van der Waals surface area contributed by atoms with E-state index >= 15 is 0 Å². The molecular formula is C16H17ClN2O. The van der Waals surface area contributed by atoms with Crippen LogP contribution in [0.3, 0.4) is 0 Å². The van der Waals surface area contributed by atoms with Crippen molar-refractivity contribution in [3.8, 4) is 0 Å². The van der Waals surface area contributed by atoms with E-state index in [-0.39, 0.29) is 12.1 Å². The van der Waals surface area contributed by atoms with E-state index in [2.05, 4.69) is 10.6 Å². The fraction of sp³-hybridized carbons (Fsp3) is 0.188. The van der Waals surface area contributed by atoms with Crippen LogP contribution >= 0.6 is 11.6 Å². The molecule has 1 atom stereocenters. The summed E-state index contributed by atoms with van der Waals surface area (Å²) in [5.41, 5.74) is 2.94. The van der Waals surface area contributed by atoms with Crippen molar-refractivity contribution in [2.75, 3.05) is 5.32 Å². The van der Waals surface area contributed by atoms with Crippen LogP contribution in [-0.2, 0) is 0 Å². The largest absolute Gasteiger partial charge is 0.331 e. The highest BCUT2D eigenvalue weighted by atomic mass is 35.5. The third-order valence-corrected chi connectivity index (χ3v) is 3.28. The Hall–Kier alpha value is -2.00. The Labute approximate surface area is 124 Å². The van der Waals surface area contributed by atoms with Crippen molar-refractivity contribution in [3.05, 3.63) is 64.7 Å². The molecule has 0 bridgehead atoms. The number of urea groups is 1. The average molecular weight is 289 g/mol. The molecule has 4 heteroatoms. The summed E-state index contributed by atoms with van der Waals surface area (Å²) >= 11 is 5.84. The van der Waals surface area contributed by atoms with Gasteiger partial charge in [-0.25, -0.2) is 4.79 Å². The zero-order valence-electron chi connectivity index (χ0n) is 11.5. The van der Waals surface area contributed by atoms with Crippen LogP contribution in [0.4, 0.5) is 10.5 Å². The number of hydrogen-bond donors (Lipinski definition) is 2. The van der Waals surface area contributed by atoms with Gasteiger partial charge in [0.05, 0.1) is 6.04 Å². The van der Waals surface area contributed by atoms with Crippen LogP contribution < -0.4 is 10.6 Å². The zero-order valence-corrected chi connectivity index (χ0v) is 12.2. The van der Waals surface area contributed by atoms with E-state index in [1.165, 1.54) is 0 Å². The van der Waals surface area contributed by atoms with Gasteiger partial charge in [0, 0.05) is 10.7 Å². The fourth-order valence-corrected chi connectivity index (χ4v) is 1.96. The molecule has 104 valence electrons. The van der Waals surface area contributed by atoms with Crippen LogP contribution in [0.1, 0.15) is 24.1 Å². The number of hydrogen-bond acceptors (Lipinski definition) is 1. The third kappa shape index (κ3) is 4.00. The molecule has 1 unspecified atom stereocenters. The number of carbonyl (C=O) groups is 1. The smallest absolute Gasteiger partial charge is 0.319 e. The molecule has 0 fully saturated rings. The first-order chi connectivity index (χ1) is 9.54. The average Bonchev–Trinajstić information content (AvgIpc) is 2.42. The van der Waals surface area contributed by atoms with Crippen LogP contribution in [0.2, 0.25) is 5.02 Å². The lowest BCUT2D eigenvalue weighted by atomic mass is 10.1. The van der Waals surface area contributed by atoms with Gasteiger partial charge >= 0.3 is 6.03 Å². The van der Waals surface area contributed by atoms with E-state index < -0.39 is 0 Å². The number of halogens is 1. The number of rotatable bonds is 3. The Balaban J connectivity index is 1.93. The SMILES string of the molecule is Cc1ccc(NC(=O)NC(C)c2ccc(Cl)cc2)cc1. The van der Waals surface area contributed by atoms with Crippen molar-refractivity contribution in [1.29, 1.82) is 0 Å². The standard InChI is InChI=1S/C16H17ClN2O/c1-11-3-9-15(10-4-11)19-16(20)18-12(2)13-5-7-14(17)8-6-13/h3-10,12H,1-2H3,(H2,18,19,20). The van der Waals surface area contributed by atoms with Crippen molar-refractivity contribution in [2.24, 2.45) is 0 Å². The lowest BCUT2D eigenvalue weighted by Gasteiger charge is -2.15. The van der Waals surface area contributed by atoms with Gasteiger partial charge in [-0.15, -0.1) is 0 Å². The number of benzene rings is 2. The maximum atomic E-state index is 11.9. The minimum absolute atomic E-state index is 0.0854. The van der Waals surface area contributed by atoms with E-state index in [4.69, 9.17) is 11.6 Å². The van der Waals surface area contributed by atoms with Gasteiger partial charge in [0.2, 0.25) is 0 Å². The van der Waals surface area contributed by atoms with E-state index in [0.717, 1.165) is 16.8 Å². The molecule has 0 spiro atoms. The predicted molar refractivity (Wildman–Crippen MR) is 83.2 cm³/mol. The summed E-state index contributed by atoms with van der Waals surface area (Å²) in [6.07, 6.45) is 0. The molecule has 0 aliphatic heterocycles. The number of aryl methyl sites for hydroxylation is 1. The van der Waals surface area contributed by atoms with Gasteiger partial charge in [-0.2, -0.15) is 0 Å². The van der Waals surface area contributed by atoms with E-state index in [9.17, 15) is 4.79 Å². The van der Waals surface area contributed by atoms with Gasteiger partial charge in [-0.1, -0.05) is 41.4 Å². The van der Waals surface area contributed by atoms with Gasteiger partial charge < -0.3 is 10.6 Å². The summed E-state index contributed by atoms with van der Waals surface area (Å²) in [6, 6.07) is 14.8. The second-order valence-corrected chi connectivity index (χ2v) is 5.17. The van der Waals surface area contributed by atoms with Crippen LogP contribution in [0.15, 0.2) is 48.5 Å². The monoisotopic (exact) mass is 288 g/mol. The summed E-state index contributed by atoms with van der Waals surface area (Å²) in [5, 5.41) is 6.38. The number of amides is 2. The summed E-state index contributed by atoms with van der Waals surface area (Å²) < 4.78 is 0. The third-order valence-electron chi connectivity index (χ3n) is 3.03. The van der Waals surface area contributed by atoms with E-state index in [0.29, 0.717) is 5.02 Å². The normalized spacial score (nSPS) is 11.8. The first-order valence-corrected chi connectivity index (χ1v) is 6.82. The molecular weight excluding hydrogens is 272 g/mol. The minimum atomic E-state index is -0.226. The van der Waals surface area contributed by atoms with Crippen LogP contribution in [0.5, 0.6) is 0 Å². The van der Waals surface area contributed by atoms with Gasteiger partial charge in [0.25, 0.3) is 0 Å². The summed E-state index contributed by atoms with van der Waals surface area (Å²) in [5.74, 6) is 0. The molecule has 2 amide bonds. The topological polar surface area (TPSA) is 41.1 Å². The van der Waals surface area contributed by atoms with Gasteiger partial charge in [0.15, 0.2) is 0 Å². The maximum Gasteiger partial charge on any atom is 0.319 e. The molecule has 20 heavy (non-hydrogen) atoms. The fourth-order valence-electron chi connectivity index (χ4n) is 1.84. The summed E-state index contributed by atoms with van der Waals surface area (Å²) in [6.45, 7) is 3.93. The van der Waals surface area contributed by atoms with Crippen molar-refractivity contribution in [3.63, 3.8) is 0 Å². The Bertz CT molecular complexity index is 578. The first-order valence-electron chi connectivity index (χ1n) is 6.44. The van der Waals surface area contributed by atoms with Gasteiger partial charge in [0.1, 0.15) is 0 Å². The van der Waals surface area contributed by atoms with Gasteiger partial charge in [-0.3, -0.25) is 0 Å². The van der Waals surface area contributed by atoms with E-state index in [1.807, 2.05) is 62.4 Å². The van der Waals surface area contributed by atoms with Crippen molar-refractivity contribution < 1.29 is 4.79 Å². The lowest BCUT2D eigenvalue weighted by molar-refractivity contribution is 0.249. The highest BCUT2D eigenvalue weighted by Gasteiger charge is 2.09. The Morgan fingerprint density at radius 3 is 2.25 bits per heavy atom. The van der Waals surface area contributed by atoms with Crippen LogP contribution in [-0.4, -0.2) is 6.03 Å². The van der Waals surface area contributed by atoms with Crippen molar-refractivity contribution in [1.82, 2.24) is 5.32 Å². The molecule has 0 aliphatic rings. The number of anilines is 1. The Kier molecular flexibility index (Phi) is 4.64. The van der Waals surface area contributed by atoms with Crippen molar-refractivity contribution >= 4 is 23.3 Å². The molecule has 0 saturated heterocycles. The molecule has 0 aliphatic carbocycles. The number of carbonyl (C=O) groups excluding carboxylic acids is 1. The second kappa shape index (κ2) is 6.44. The zero-order chi connectivity index (χ0) is 14.5. The minimum Gasteiger partial charge on any atom is -0.331 e. The molecule has 0 heterocycles. The molecule has 0 radical (unpaired) electrons. The summed E-state index contributed by atoms with van der Waals surface area (Å²) in [4.78, 5) is 11.9. The van der Waals surface area contributed by atoms with Crippen LogP contribution in [0, 0.1) is 6.92 Å². The Morgan fingerprint density at radius 1 is 1.05 bits per heavy atom. The predicted octanol–water partition coefficient (Wildman–Crippen LogP) is 4.53. The molecule has 0 aromatic heterocycles. The van der Waals surface area contributed by atoms with Crippen molar-refractivity contribution in [2.45, 2.75) is 19.9 Å². The maximum absolute atomic E-state index is 11.9. The molecule has 3 nitrogen and oxygen atoms in total. The first kappa shape index (κ1) is 14.4. The highest BCUT2D eigenvalue weighted by molar-refractivity contribution is 6.30. The molecule has 2 aromatic rings. The molecule has 0 saturated carbocycles. The van der Waals surface area contributed by atoms with Crippen LogP contribution in [0.25, 0.3) is 0 Å². The second-order valence-electron chi connectivity index (χ2n) is 4.74. The quantitative estimate of drug-likeness (QED) is 0.856. The lowest BCUT2D eigenvalue weighted by Crippen LogP contribution is -2.31. The Morgan fingerprint density at radius 2 is 1.65 bits per heavy atom. The molecule has 2 aromatic carbocycles.